The SMILES string of the molecule is COC(C)[CH2][Hg][O]C(C)=O. The van der Waals surface area contributed by atoms with Gasteiger partial charge in [0.1, 0.15) is 0 Å². The molecule has 0 aliphatic rings. The molecule has 0 aliphatic carbocycles. The Kier molecular flexibility index (Phi) is 6.32. The average Bonchev–Trinajstić information content (AvgIpc) is 1.87. The van der Waals surface area contributed by atoms with E-state index in [1.54, 1.807) is 7.11 Å². The molecule has 0 rings (SSSR count). The van der Waals surface area contributed by atoms with Gasteiger partial charge in [-0.25, -0.2) is 0 Å². The zero-order valence-electron chi connectivity index (χ0n) is 6.72. The number of hydrogen-bond donors (Lipinski definition) is 0. The summed E-state index contributed by atoms with van der Waals surface area (Å²) in [5.41, 5.74) is 0. The average molecular weight is 333 g/mol. The summed E-state index contributed by atoms with van der Waals surface area (Å²) in [7, 11) is 1.67. The van der Waals surface area contributed by atoms with Gasteiger partial charge in [0.2, 0.25) is 0 Å². The van der Waals surface area contributed by atoms with Gasteiger partial charge in [-0.05, 0) is 0 Å². The topological polar surface area (TPSA) is 35.5 Å². The molecule has 0 heterocycles. The minimum absolute atomic E-state index is 0.134. The quantitative estimate of drug-likeness (QED) is 0.721. The van der Waals surface area contributed by atoms with Gasteiger partial charge < -0.3 is 0 Å². The first-order valence-electron chi connectivity index (χ1n) is 3.33. The number of methoxy groups -OCH3 is 1. The summed E-state index contributed by atoms with van der Waals surface area (Å²) in [4.78, 5) is 10.3. The van der Waals surface area contributed by atoms with E-state index in [-0.39, 0.29) is 12.1 Å². The minimum atomic E-state index is -1.34. The van der Waals surface area contributed by atoms with Crippen LogP contribution in [-0.2, 0) is 37.2 Å². The molecule has 0 aliphatic heterocycles. The van der Waals surface area contributed by atoms with Crippen LogP contribution < -0.4 is 0 Å². The van der Waals surface area contributed by atoms with Gasteiger partial charge in [0.05, 0.1) is 0 Å². The van der Waals surface area contributed by atoms with E-state index in [2.05, 4.69) is 0 Å². The van der Waals surface area contributed by atoms with Gasteiger partial charge in [-0.3, -0.25) is 0 Å². The van der Waals surface area contributed by atoms with Crippen LogP contribution in [0.2, 0.25) is 3.93 Å². The third-order valence-electron chi connectivity index (χ3n) is 1.23. The predicted molar refractivity (Wildman–Crippen MR) is 33.0 cm³/mol. The first-order chi connectivity index (χ1) is 4.66. The Morgan fingerprint density at radius 1 is 1.70 bits per heavy atom. The molecule has 4 heteroatoms. The van der Waals surface area contributed by atoms with Gasteiger partial charge in [0, 0.05) is 0 Å². The molecule has 0 saturated carbocycles. The number of carbonyl (C=O) groups excluding carboxylic acids is 1. The predicted octanol–water partition coefficient (Wildman–Crippen LogP) is 1.00. The van der Waals surface area contributed by atoms with Crippen molar-refractivity contribution in [1.29, 1.82) is 0 Å². The van der Waals surface area contributed by atoms with Crippen LogP contribution in [-0.4, -0.2) is 19.2 Å². The van der Waals surface area contributed by atoms with Crippen LogP contribution in [0.25, 0.3) is 0 Å². The molecule has 0 spiro atoms. The fraction of sp³-hybridized carbons (Fsp3) is 0.833. The van der Waals surface area contributed by atoms with Gasteiger partial charge in [-0.2, -0.15) is 0 Å². The molecule has 0 aromatic carbocycles. The van der Waals surface area contributed by atoms with Crippen LogP contribution in [0.1, 0.15) is 13.8 Å². The summed E-state index contributed by atoms with van der Waals surface area (Å²) >= 11 is -1.34. The molecular weight excluding hydrogens is 321 g/mol. The van der Waals surface area contributed by atoms with E-state index >= 15 is 0 Å². The third-order valence-corrected chi connectivity index (χ3v) is 7.68. The Balaban J connectivity index is 3.11. The van der Waals surface area contributed by atoms with Crippen LogP contribution in [0.3, 0.4) is 0 Å². The monoisotopic (exact) mass is 334 g/mol. The molecule has 0 bridgehead atoms. The molecule has 3 nitrogen and oxygen atoms in total. The zero-order valence-corrected chi connectivity index (χ0v) is 12.2. The number of hydrogen-bond acceptors (Lipinski definition) is 3. The molecule has 0 fully saturated rings. The zero-order chi connectivity index (χ0) is 7.98. The van der Waals surface area contributed by atoms with Crippen molar-refractivity contribution >= 4 is 5.97 Å². The van der Waals surface area contributed by atoms with Crippen molar-refractivity contribution in [2.45, 2.75) is 23.9 Å². The van der Waals surface area contributed by atoms with Crippen LogP contribution >= 0.6 is 0 Å². The van der Waals surface area contributed by atoms with Crippen LogP contribution in [0, 0.1) is 0 Å². The van der Waals surface area contributed by atoms with Crippen molar-refractivity contribution in [2.24, 2.45) is 0 Å². The van der Waals surface area contributed by atoms with Gasteiger partial charge in [-0.1, -0.05) is 0 Å². The van der Waals surface area contributed by atoms with E-state index in [4.69, 9.17) is 7.38 Å². The molecule has 0 aromatic heterocycles. The number of ether oxygens (including phenoxy) is 1. The van der Waals surface area contributed by atoms with Crippen LogP contribution in [0.4, 0.5) is 0 Å². The third kappa shape index (κ3) is 6.48. The molecule has 0 N–H and O–H groups in total. The molecule has 0 amide bonds. The summed E-state index contributed by atoms with van der Waals surface area (Å²) in [6, 6.07) is 0. The van der Waals surface area contributed by atoms with Crippen molar-refractivity contribution in [3.05, 3.63) is 0 Å². The van der Waals surface area contributed by atoms with Crippen LogP contribution in [0.5, 0.6) is 0 Å². The maximum atomic E-state index is 10.3. The summed E-state index contributed by atoms with van der Waals surface area (Å²) in [5, 5.41) is 0. The van der Waals surface area contributed by atoms with Crippen molar-refractivity contribution in [1.82, 2.24) is 0 Å². The molecular formula is C6H12HgO3. The summed E-state index contributed by atoms with van der Waals surface area (Å²) in [5.74, 6) is -0.134. The molecule has 0 saturated heterocycles. The van der Waals surface area contributed by atoms with E-state index < -0.39 is 25.0 Å². The Morgan fingerprint density at radius 2 is 2.30 bits per heavy atom. The first-order valence-corrected chi connectivity index (χ1v) is 9.46. The van der Waals surface area contributed by atoms with Crippen LogP contribution in [0.15, 0.2) is 0 Å². The number of carbonyl (C=O) groups is 1. The van der Waals surface area contributed by atoms with Crippen molar-refractivity contribution in [3.8, 4) is 0 Å². The molecule has 10 heavy (non-hydrogen) atoms. The van der Waals surface area contributed by atoms with Crippen molar-refractivity contribution in [3.63, 3.8) is 0 Å². The van der Waals surface area contributed by atoms with Crippen molar-refractivity contribution < 1.29 is 37.2 Å². The second kappa shape index (κ2) is 6.10. The number of rotatable bonds is 4. The molecule has 0 aromatic rings. The molecule has 1 unspecified atom stereocenters. The van der Waals surface area contributed by atoms with E-state index in [1.807, 2.05) is 6.92 Å². The second-order valence-corrected chi connectivity index (χ2v) is 7.13. The maximum absolute atomic E-state index is 10.3. The Labute approximate surface area is 74.2 Å². The van der Waals surface area contributed by atoms with E-state index in [9.17, 15) is 4.79 Å². The second-order valence-electron chi connectivity index (χ2n) is 2.18. The molecule has 0 radical (unpaired) electrons. The Hall–Kier alpha value is 0.365. The fourth-order valence-corrected chi connectivity index (χ4v) is 4.27. The summed E-state index contributed by atoms with van der Waals surface area (Å²) in [6.07, 6.45) is 0.265. The summed E-state index contributed by atoms with van der Waals surface area (Å²) in [6.45, 7) is 3.45. The van der Waals surface area contributed by atoms with Gasteiger partial charge >= 0.3 is 74.2 Å². The van der Waals surface area contributed by atoms with Gasteiger partial charge in [0.25, 0.3) is 0 Å². The van der Waals surface area contributed by atoms with Gasteiger partial charge in [-0.15, -0.1) is 0 Å². The normalized spacial score (nSPS) is 11.9. The standard InChI is InChI=1S/C4H9O.C2H4O2.Hg/c1-4(2)5-3;1-2(3)4;/h4H,1H2,2-3H3;1H3,(H,3,4);/q;;+1/p-1. The van der Waals surface area contributed by atoms with Gasteiger partial charge in [0.15, 0.2) is 0 Å². The summed E-state index contributed by atoms with van der Waals surface area (Å²) < 4.78 is 10.9. The Bertz CT molecular complexity index is 105. The first kappa shape index (κ1) is 10.4. The van der Waals surface area contributed by atoms with E-state index in [0.717, 1.165) is 3.93 Å². The fourth-order valence-electron chi connectivity index (χ4n) is 0.486. The van der Waals surface area contributed by atoms with E-state index in [0.29, 0.717) is 0 Å². The van der Waals surface area contributed by atoms with E-state index in [1.165, 1.54) is 6.92 Å². The molecule has 56 valence electrons. The molecule has 1 atom stereocenters. The Morgan fingerprint density at radius 3 is 2.70 bits per heavy atom. The van der Waals surface area contributed by atoms with Crippen molar-refractivity contribution in [2.75, 3.05) is 7.11 Å².